The summed E-state index contributed by atoms with van der Waals surface area (Å²) in [5.41, 5.74) is -0.625. The van der Waals surface area contributed by atoms with Gasteiger partial charge >= 0.3 is 0 Å². The standard InChI is InChI=1S/C11H16N2OS/c1-2-9-7-13(5-6-15-9)10(14)11(8-12)3-4-11/h9H,2-7H2,1H3. The number of nitriles is 1. The molecule has 1 aliphatic heterocycles. The Kier molecular flexibility index (Phi) is 2.92. The molecule has 0 aromatic rings. The summed E-state index contributed by atoms with van der Waals surface area (Å²) < 4.78 is 0. The lowest BCUT2D eigenvalue weighted by atomic mass is 10.1. The van der Waals surface area contributed by atoms with Crippen LogP contribution in [0.4, 0.5) is 0 Å². The first-order valence-electron chi connectivity index (χ1n) is 5.54. The molecule has 4 heteroatoms. The van der Waals surface area contributed by atoms with Crippen LogP contribution in [0.25, 0.3) is 0 Å². The van der Waals surface area contributed by atoms with Crippen LogP contribution in [0.2, 0.25) is 0 Å². The Balaban J connectivity index is 1.99. The molecule has 1 aliphatic carbocycles. The van der Waals surface area contributed by atoms with Gasteiger partial charge in [-0.05, 0) is 19.3 Å². The lowest BCUT2D eigenvalue weighted by Gasteiger charge is -2.33. The average Bonchev–Trinajstić information content (AvgIpc) is 3.09. The number of nitrogens with zero attached hydrogens (tertiary/aromatic N) is 2. The number of hydrogen-bond donors (Lipinski definition) is 0. The van der Waals surface area contributed by atoms with E-state index in [0.29, 0.717) is 5.25 Å². The fourth-order valence-corrected chi connectivity index (χ4v) is 3.13. The summed E-state index contributed by atoms with van der Waals surface area (Å²) >= 11 is 1.95. The fraction of sp³-hybridized carbons (Fsp3) is 0.818. The summed E-state index contributed by atoms with van der Waals surface area (Å²) in [5.74, 6) is 1.11. The Morgan fingerprint density at radius 3 is 2.93 bits per heavy atom. The number of carbonyl (C=O) groups excluding carboxylic acids is 1. The fourth-order valence-electron chi connectivity index (χ4n) is 1.95. The number of rotatable bonds is 2. The van der Waals surface area contributed by atoms with Gasteiger partial charge in [0.1, 0.15) is 5.41 Å². The van der Waals surface area contributed by atoms with Crippen molar-refractivity contribution in [1.82, 2.24) is 4.90 Å². The van der Waals surface area contributed by atoms with Crippen molar-refractivity contribution >= 4 is 17.7 Å². The normalized spacial score (nSPS) is 28.3. The lowest BCUT2D eigenvalue weighted by molar-refractivity contribution is -0.134. The van der Waals surface area contributed by atoms with Crippen LogP contribution in [0.1, 0.15) is 26.2 Å². The Labute approximate surface area is 94.8 Å². The molecule has 1 unspecified atom stereocenters. The molecular weight excluding hydrogens is 208 g/mol. The summed E-state index contributed by atoms with van der Waals surface area (Å²) in [6.07, 6.45) is 2.64. The molecule has 3 nitrogen and oxygen atoms in total. The van der Waals surface area contributed by atoms with Crippen molar-refractivity contribution in [2.75, 3.05) is 18.8 Å². The minimum absolute atomic E-state index is 0.0868. The van der Waals surface area contributed by atoms with Gasteiger partial charge < -0.3 is 4.90 Å². The van der Waals surface area contributed by atoms with E-state index in [4.69, 9.17) is 5.26 Å². The van der Waals surface area contributed by atoms with Gasteiger partial charge in [0.25, 0.3) is 0 Å². The molecule has 2 aliphatic rings. The second-order valence-electron chi connectivity index (χ2n) is 4.35. The highest BCUT2D eigenvalue weighted by molar-refractivity contribution is 8.00. The second-order valence-corrected chi connectivity index (χ2v) is 5.75. The maximum atomic E-state index is 12.1. The van der Waals surface area contributed by atoms with Crippen LogP contribution in [0.3, 0.4) is 0 Å². The van der Waals surface area contributed by atoms with Crippen molar-refractivity contribution in [3.63, 3.8) is 0 Å². The number of thioether (sulfide) groups is 1. The van der Waals surface area contributed by atoms with E-state index in [1.54, 1.807) is 0 Å². The molecule has 1 heterocycles. The molecular formula is C11H16N2OS. The first-order chi connectivity index (χ1) is 7.22. The first kappa shape index (κ1) is 10.8. The number of carbonyl (C=O) groups is 1. The Morgan fingerprint density at radius 1 is 1.67 bits per heavy atom. The molecule has 2 rings (SSSR count). The van der Waals surface area contributed by atoms with Crippen molar-refractivity contribution in [3.8, 4) is 6.07 Å². The third-order valence-electron chi connectivity index (χ3n) is 3.25. The van der Waals surface area contributed by atoms with Gasteiger partial charge in [-0.3, -0.25) is 4.79 Å². The van der Waals surface area contributed by atoms with E-state index in [0.717, 1.165) is 38.1 Å². The van der Waals surface area contributed by atoms with Crippen LogP contribution >= 0.6 is 11.8 Å². The van der Waals surface area contributed by atoms with Gasteiger partial charge in [-0.1, -0.05) is 6.92 Å². The summed E-state index contributed by atoms with van der Waals surface area (Å²) in [5, 5.41) is 9.54. The summed E-state index contributed by atoms with van der Waals surface area (Å²) in [6.45, 7) is 3.82. The number of amides is 1. The molecule has 0 spiro atoms. The van der Waals surface area contributed by atoms with Gasteiger partial charge in [-0.2, -0.15) is 17.0 Å². The highest BCUT2D eigenvalue weighted by Crippen LogP contribution is 2.46. The topological polar surface area (TPSA) is 44.1 Å². The predicted molar refractivity (Wildman–Crippen MR) is 60.4 cm³/mol. The highest BCUT2D eigenvalue weighted by atomic mass is 32.2. The van der Waals surface area contributed by atoms with Gasteiger partial charge in [0.05, 0.1) is 6.07 Å². The Morgan fingerprint density at radius 2 is 2.40 bits per heavy atom. The van der Waals surface area contributed by atoms with Crippen molar-refractivity contribution in [2.45, 2.75) is 31.4 Å². The highest BCUT2D eigenvalue weighted by Gasteiger charge is 2.52. The van der Waals surface area contributed by atoms with E-state index in [2.05, 4.69) is 13.0 Å². The molecule has 1 atom stereocenters. The number of hydrogen-bond acceptors (Lipinski definition) is 3. The molecule has 82 valence electrons. The Bertz CT molecular complexity index is 306. The minimum Gasteiger partial charge on any atom is -0.339 e. The molecule has 0 N–H and O–H groups in total. The van der Waals surface area contributed by atoms with Crippen molar-refractivity contribution < 1.29 is 4.79 Å². The molecule has 0 aromatic heterocycles. The zero-order valence-electron chi connectivity index (χ0n) is 9.03. The quantitative estimate of drug-likeness (QED) is 0.716. The molecule has 1 saturated carbocycles. The van der Waals surface area contributed by atoms with Gasteiger partial charge in [-0.25, -0.2) is 0 Å². The van der Waals surface area contributed by atoms with Crippen LogP contribution < -0.4 is 0 Å². The smallest absolute Gasteiger partial charge is 0.243 e. The molecule has 0 aromatic carbocycles. The lowest BCUT2D eigenvalue weighted by Crippen LogP contribution is -2.45. The van der Waals surface area contributed by atoms with Crippen molar-refractivity contribution in [1.29, 1.82) is 5.26 Å². The van der Waals surface area contributed by atoms with Crippen molar-refractivity contribution in [3.05, 3.63) is 0 Å². The molecule has 1 saturated heterocycles. The zero-order valence-corrected chi connectivity index (χ0v) is 9.85. The third-order valence-corrected chi connectivity index (χ3v) is 4.63. The van der Waals surface area contributed by atoms with Gasteiger partial charge in [0.2, 0.25) is 5.91 Å². The average molecular weight is 224 g/mol. The van der Waals surface area contributed by atoms with Gasteiger partial charge in [-0.15, -0.1) is 0 Å². The molecule has 1 amide bonds. The first-order valence-corrected chi connectivity index (χ1v) is 6.59. The van der Waals surface area contributed by atoms with E-state index in [9.17, 15) is 4.79 Å². The van der Waals surface area contributed by atoms with E-state index < -0.39 is 5.41 Å². The molecule has 15 heavy (non-hydrogen) atoms. The zero-order chi connectivity index (χ0) is 10.9. The summed E-state index contributed by atoms with van der Waals surface area (Å²) in [7, 11) is 0. The molecule has 0 radical (unpaired) electrons. The largest absolute Gasteiger partial charge is 0.339 e. The molecule has 2 fully saturated rings. The maximum Gasteiger partial charge on any atom is 0.243 e. The maximum absolute atomic E-state index is 12.1. The minimum atomic E-state index is -0.625. The van der Waals surface area contributed by atoms with Crippen LogP contribution in [0.5, 0.6) is 0 Å². The van der Waals surface area contributed by atoms with Gasteiger partial charge in [0.15, 0.2) is 0 Å². The van der Waals surface area contributed by atoms with Crippen molar-refractivity contribution in [2.24, 2.45) is 5.41 Å². The van der Waals surface area contributed by atoms with E-state index >= 15 is 0 Å². The van der Waals surface area contributed by atoms with E-state index in [1.807, 2.05) is 16.7 Å². The van der Waals surface area contributed by atoms with E-state index in [1.165, 1.54) is 0 Å². The van der Waals surface area contributed by atoms with Crippen LogP contribution in [-0.4, -0.2) is 34.9 Å². The summed E-state index contributed by atoms with van der Waals surface area (Å²) in [4.78, 5) is 14.0. The van der Waals surface area contributed by atoms with Crippen LogP contribution in [-0.2, 0) is 4.79 Å². The Hall–Kier alpha value is -0.690. The second kappa shape index (κ2) is 4.05. The third kappa shape index (κ3) is 1.98. The van der Waals surface area contributed by atoms with Crippen LogP contribution in [0, 0.1) is 16.7 Å². The summed E-state index contributed by atoms with van der Waals surface area (Å²) in [6, 6.07) is 2.18. The molecule has 0 bridgehead atoms. The monoisotopic (exact) mass is 224 g/mol. The van der Waals surface area contributed by atoms with Gasteiger partial charge in [0, 0.05) is 24.1 Å². The van der Waals surface area contributed by atoms with Crippen LogP contribution in [0.15, 0.2) is 0 Å². The SMILES string of the molecule is CCC1CN(C(=O)C2(C#N)CC2)CCS1. The van der Waals surface area contributed by atoms with E-state index in [-0.39, 0.29) is 5.91 Å². The predicted octanol–water partition coefficient (Wildman–Crippen LogP) is 1.64.